The Kier molecular flexibility index (Phi) is 4.82. The Labute approximate surface area is 132 Å². The predicted octanol–water partition coefficient (Wildman–Crippen LogP) is 4.25. The summed E-state index contributed by atoms with van der Waals surface area (Å²) in [7, 11) is 0. The van der Waals surface area contributed by atoms with Gasteiger partial charge in [0.1, 0.15) is 10.0 Å². The van der Waals surface area contributed by atoms with Gasteiger partial charge >= 0.3 is 5.97 Å². The van der Waals surface area contributed by atoms with E-state index in [4.69, 9.17) is 39.9 Å². The molecule has 2 rings (SSSR count). The zero-order chi connectivity index (χ0) is 14.7. The number of carboxylic acid groups (broad SMARTS) is 1. The summed E-state index contributed by atoms with van der Waals surface area (Å²) < 4.78 is 0. The molecule has 0 atom stereocenters. The molecule has 0 radical (unpaired) electrons. The van der Waals surface area contributed by atoms with Crippen LogP contribution in [0.4, 0.5) is 5.69 Å². The Balaban J connectivity index is 2.33. The molecule has 2 N–H and O–H groups in total. The smallest absolute Gasteiger partial charge is 0.356 e. The Morgan fingerprint density at radius 1 is 1.40 bits per heavy atom. The van der Waals surface area contributed by atoms with Crippen molar-refractivity contribution in [1.82, 2.24) is 4.98 Å². The summed E-state index contributed by atoms with van der Waals surface area (Å²) in [5.74, 6) is -1.31. The quantitative estimate of drug-likeness (QED) is 0.491. The van der Waals surface area contributed by atoms with E-state index < -0.39 is 11.7 Å². The Morgan fingerprint density at radius 2 is 2.15 bits per heavy atom. The van der Waals surface area contributed by atoms with Crippen molar-refractivity contribution in [2.45, 2.75) is 0 Å². The molecule has 2 heterocycles. The fraction of sp³-hybridized carbons (Fsp3) is 0. The monoisotopic (exact) mass is 349 g/mol. The van der Waals surface area contributed by atoms with Crippen molar-refractivity contribution < 1.29 is 9.90 Å². The van der Waals surface area contributed by atoms with Crippen LogP contribution in [-0.2, 0) is 0 Å². The number of aromatic carboxylic acids is 1. The second-order valence-electron chi connectivity index (χ2n) is 3.44. The van der Waals surface area contributed by atoms with E-state index in [1.807, 2.05) is 17.5 Å². The number of hydrogen-bond acceptors (Lipinski definition) is 5. The van der Waals surface area contributed by atoms with Crippen LogP contribution in [0.15, 0.2) is 22.6 Å². The number of nitrogens with zero attached hydrogens (tertiary/aromatic N) is 2. The second kappa shape index (κ2) is 6.41. The molecule has 2 aromatic rings. The van der Waals surface area contributed by atoms with Gasteiger partial charge in [-0.25, -0.2) is 9.78 Å². The van der Waals surface area contributed by atoms with Gasteiger partial charge in [0, 0.05) is 4.88 Å². The molecule has 0 aliphatic heterocycles. The number of anilines is 1. The molecule has 0 aliphatic rings. The molecule has 0 aliphatic carbocycles. The number of nitrogens with one attached hydrogen (secondary N) is 1. The normalized spacial score (nSPS) is 10.9. The van der Waals surface area contributed by atoms with E-state index >= 15 is 0 Å². The third-order valence-electron chi connectivity index (χ3n) is 2.15. The molecule has 2 aromatic heterocycles. The number of hydrogen-bond donors (Lipinski definition) is 2. The molecule has 0 spiro atoms. The van der Waals surface area contributed by atoms with Gasteiger partial charge in [0.25, 0.3) is 0 Å². The van der Waals surface area contributed by atoms with Crippen molar-refractivity contribution in [3.8, 4) is 0 Å². The summed E-state index contributed by atoms with van der Waals surface area (Å²) >= 11 is 19.1. The van der Waals surface area contributed by atoms with Crippen molar-refractivity contribution in [3.05, 3.63) is 43.3 Å². The summed E-state index contributed by atoms with van der Waals surface area (Å²) in [4.78, 5) is 15.5. The molecule has 104 valence electrons. The summed E-state index contributed by atoms with van der Waals surface area (Å²) in [6, 6.07) is 3.74. The highest BCUT2D eigenvalue weighted by Gasteiger charge is 2.20. The van der Waals surface area contributed by atoms with Crippen LogP contribution >= 0.6 is 46.1 Å². The standard InChI is InChI=1S/C11H6Cl3N3O2S/c12-6-8(17-15-4-5-2-1-3-20-5)7(13)10(14)16-9(6)11(18)19/h1-4H,(H,16,17)(H,18,19)/b15-4+. The van der Waals surface area contributed by atoms with Crippen molar-refractivity contribution in [3.63, 3.8) is 0 Å². The minimum absolute atomic E-state index is 0.00463. The van der Waals surface area contributed by atoms with Crippen LogP contribution in [0.2, 0.25) is 15.2 Å². The molecule has 0 saturated heterocycles. The third-order valence-corrected chi connectivity index (χ3v) is 4.06. The fourth-order valence-corrected chi connectivity index (χ4v) is 2.53. The highest BCUT2D eigenvalue weighted by molar-refractivity contribution is 7.11. The van der Waals surface area contributed by atoms with E-state index in [0.717, 1.165) is 4.88 Å². The molecule has 9 heteroatoms. The molecule has 0 fully saturated rings. The van der Waals surface area contributed by atoms with Gasteiger partial charge in [-0.05, 0) is 11.4 Å². The first-order valence-electron chi connectivity index (χ1n) is 5.11. The van der Waals surface area contributed by atoms with Crippen LogP contribution in [0.3, 0.4) is 0 Å². The van der Waals surface area contributed by atoms with Crippen molar-refractivity contribution in [1.29, 1.82) is 0 Å². The molecular weight excluding hydrogens is 345 g/mol. The van der Waals surface area contributed by atoms with Gasteiger partial charge in [-0.1, -0.05) is 40.9 Å². The van der Waals surface area contributed by atoms with Gasteiger partial charge in [-0.15, -0.1) is 11.3 Å². The Morgan fingerprint density at radius 3 is 2.75 bits per heavy atom. The zero-order valence-electron chi connectivity index (χ0n) is 9.60. The summed E-state index contributed by atoms with van der Waals surface area (Å²) in [5, 5.41) is 14.5. The molecule has 0 saturated carbocycles. The van der Waals surface area contributed by atoms with Gasteiger partial charge in [0.15, 0.2) is 10.8 Å². The lowest BCUT2D eigenvalue weighted by molar-refractivity contribution is 0.0691. The van der Waals surface area contributed by atoms with E-state index in [9.17, 15) is 4.79 Å². The molecular formula is C11H6Cl3N3O2S. The minimum atomic E-state index is -1.31. The second-order valence-corrected chi connectivity index (χ2v) is 5.54. The van der Waals surface area contributed by atoms with E-state index in [1.54, 1.807) is 6.21 Å². The number of rotatable bonds is 4. The van der Waals surface area contributed by atoms with Crippen LogP contribution in [0.1, 0.15) is 15.4 Å². The van der Waals surface area contributed by atoms with Gasteiger partial charge in [-0.2, -0.15) is 5.10 Å². The minimum Gasteiger partial charge on any atom is -0.476 e. The summed E-state index contributed by atoms with van der Waals surface area (Å²) in [6.45, 7) is 0. The van der Waals surface area contributed by atoms with E-state index in [2.05, 4.69) is 15.5 Å². The van der Waals surface area contributed by atoms with E-state index in [0.29, 0.717) is 0 Å². The van der Waals surface area contributed by atoms with Gasteiger partial charge in [0.2, 0.25) is 0 Å². The van der Waals surface area contributed by atoms with Crippen molar-refractivity contribution in [2.24, 2.45) is 5.10 Å². The largest absolute Gasteiger partial charge is 0.476 e. The number of hydrazone groups is 1. The summed E-state index contributed by atoms with van der Waals surface area (Å²) in [5.41, 5.74) is 2.28. The van der Waals surface area contributed by atoms with Crippen LogP contribution in [0, 0.1) is 0 Å². The SMILES string of the molecule is O=C(O)c1nc(Cl)c(Cl)c(N/N=C/c2cccs2)c1Cl. The lowest BCUT2D eigenvalue weighted by atomic mass is 10.3. The predicted molar refractivity (Wildman–Crippen MR) is 81.8 cm³/mol. The highest BCUT2D eigenvalue weighted by Crippen LogP contribution is 2.36. The third kappa shape index (κ3) is 3.21. The molecule has 5 nitrogen and oxygen atoms in total. The van der Waals surface area contributed by atoms with Crippen LogP contribution in [-0.4, -0.2) is 22.3 Å². The maximum Gasteiger partial charge on any atom is 0.356 e. The number of carbonyl (C=O) groups is 1. The first kappa shape index (κ1) is 15.1. The number of carboxylic acids is 1. The van der Waals surface area contributed by atoms with Crippen LogP contribution in [0.5, 0.6) is 0 Å². The Hall–Kier alpha value is -1.34. The van der Waals surface area contributed by atoms with E-state index in [-0.39, 0.29) is 20.9 Å². The number of aromatic nitrogens is 1. The van der Waals surface area contributed by atoms with Crippen LogP contribution in [0.25, 0.3) is 0 Å². The average molecular weight is 351 g/mol. The first-order chi connectivity index (χ1) is 9.50. The van der Waals surface area contributed by atoms with Crippen molar-refractivity contribution in [2.75, 3.05) is 5.43 Å². The molecule has 0 bridgehead atoms. The first-order valence-corrected chi connectivity index (χ1v) is 7.12. The highest BCUT2D eigenvalue weighted by atomic mass is 35.5. The van der Waals surface area contributed by atoms with Gasteiger partial charge < -0.3 is 5.11 Å². The maximum atomic E-state index is 11.0. The van der Waals surface area contributed by atoms with Crippen molar-refractivity contribution >= 4 is 64.0 Å². The molecule has 20 heavy (non-hydrogen) atoms. The number of thiophene rings is 1. The average Bonchev–Trinajstić information content (AvgIpc) is 2.90. The van der Waals surface area contributed by atoms with Crippen LogP contribution < -0.4 is 5.43 Å². The lowest BCUT2D eigenvalue weighted by Crippen LogP contribution is -2.05. The molecule has 0 amide bonds. The fourth-order valence-electron chi connectivity index (χ4n) is 1.28. The topological polar surface area (TPSA) is 74.6 Å². The summed E-state index contributed by atoms with van der Waals surface area (Å²) in [6.07, 6.45) is 1.55. The number of pyridine rings is 1. The molecule has 0 aromatic carbocycles. The lowest BCUT2D eigenvalue weighted by Gasteiger charge is -2.09. The van der Waals surface area contributed by atoms with E-state index in [1.165, 1.54) is 11.3 Å². The number of halogens is 3. The molecule has 0 unspecified atom stereocenters. The maximum absolute atomic E-state index is 11.0. The van der Waals surface area contributed by atoms with Gasteiger partial charge in [0.05, 0.1) is 11.9 Å². The van der Waals surface area contributed by atoms with Gasteiger partial charge in [-0.3, -0.25) is 5.43 Å². The Bertz CT molecular complexity index is 674. The zero-order valence-corrected chi connectivity index (χ0v) is 12.7.